The topological polar surface area (TPSA) is 59.1 Å². The number of sulfonamides is 1. The van der Waals surface area contributed by atoms with E-state index in [-0.39, 0.29) is 10.9 Å². The molecule has 0 bridgehead atoms. The van der Waals surface area contributed by atoms with Gasteiger partial charge in [0, 0.05) is 22.9 Å². The number of halogens is 1. The van der Waals surface area contributed by atoms with Crippen LogP contribution >= 0.6 is 15.9 Å². The molecule has 0 saturated carbocycles. The monoisotopic (exact) mass is 340 g/mol. The molecule has 6 heteroatoms. The zero-order chi connectivity index (χ0) is 13.9. The first-order valence-corrected chi connectivity index (χ1v) is 7.94. The highest BCUT2D eigenvalue weighted by molar-refractivity contribution is 9.10. The summed E-state index contributed by atoms with van der Waals surface area (Å²) in [5.41, 5.74) is 0.891. The Kier molecular flexibility index (Phi) is 4.34. The van der Waals surface area contributed by atoms with E-state index in [0.717, 1.165) is 10.0 Å². The first-order valence-electron chi connectivity index (χ1n) is 5.67. The summed E-state index contributed by atoms with van der Waals surface area (Å²) in [6.07, 6.45) is 2.87. The molecule has 0 radical (unpaired) electrons. The van der Waals surface area contributed by atoms with E-state index < -0.39 is 10.0 Å². The third-order valence-corrected chi connectivity index (χ3v) is 4.64. The average molecular weight is 341 g/mol. The lowest BCUT2D eigenvalue weighted by atomic mass is 10.1. The summed E-state index contributed by atoms with van der Waals surface area (Å²) < 4.78 is 27.8. The van der Waals surface area contributed by atoms with Crippen molar-refractivity contribution in [2.24, 2.45) is 0 Å². The number of hydrogen-bond donors (Lipinski definition) is 1. The van der Waals surface area contributed by atoms with Crippen LogP contribution in [0, 0.1) is 0 Å². The third kappa shape index (κ3) is 3.62. The normalized spacial score (nSPS) is 13.2. The maximum Gasteiger partial charge on any atom is 0.242 e. The van der Waals surface area contributed by atoms with Crippen molar-refractivity contribution < 1.29 is 8.42 Å². The van der Waals surface area contributed by atoms with Crippen LogP contribution in [0.4, 0.5) is 0 Å². The van der Waals surface area contributed by atoms with Crippen molar-refractivity contribution in [1.82, 2.24) is 9.71 Å². The van der Waals surface area contributed by atoms with E-state index in [0.29, 0.717) is 0 Å². The van der Waals surface area contributed by atoms with Crippen molar-refractivity contribution in [1.29, 1.82) is 0 Å². The van der Waals surface area contributed by atoms with Crippen LogP contribution in [0.5, 0.6) is 0 Å². The van der Waals surface area contributed by atoms with E-state index in [2.05, 4.69) is 25.6 Å². The summed E-state index contributed by atoms with van der Waals surface area (Å²) in [7, 11) is -3.55. The quantitative estimate of drug-likeness (QED) is 0.930. The van der Waals surface area contributed by atoms with Gasteiger partial charge in [-0.3, -0.25) is 4.98 Å². The average Bonchev–Trinajstić information content (AvgIpc) is 2.39. The Morgan fingerprint density at radius 1 is 1.26 bits per heavy atom. The summed E-state index contributed by atoms with van der Waals surface area (Å²) in [4.78, 5) is 3.98. The van der Waals surface area contributed by atoms with Crippen LogP contribution in [-0.2, 0) is 10.0 Å². The van der Waals surface area contributed by atoms with Crippen molar-refractivity contribution in [3.8, 4) is 0 Å². The lowest BCUT2D eigenvalue weighted by Gasteiger charge is -2.14. The molecule has 0 aliphatic carbocycles. The molecule has 0 spiro atoms. The predicted octanol–water partition coefficient (Wildman–Crippen LogP) is 2.88. The maximum atomic E-state index is 12.1. The van der Waals surface area contributed by atoms with Crippen molar-refractivity contribution in [3.05, 3.63) is 58.8 Å². The summed E-state index contributed by atoms with van der Waals surface area (Å²) in [6.45, 7) is 1.80. The van der Waals surface area contributed by atoms with Crippen LogP contribution in [-0.4, -0.2) is 13.4 Å². The van der Waals surface area contributed by atoms with Crippen LogP contribution in [0.3, 0.4) is 0 Å². The minimum Gasteiger partial charge on any atom is -0.263 e. The molecule has 1 heterocycles. The molecule has 0 amide bonds. The number of rotatable bonds is 4. The summed E-state index contributed by atoms with van der Waals surface area (Å²) in [6, 6.07) is 10.3. The van der Waals surface area contributed by atoms with Crippen LogP contribution in [0.25, 0.3) is 0 Å². The fraction of sp³-hybridized carbons (Fsp3) is 0.154. The van der Waals surface area contributed by atoms with Crippen LogP contribution in [0.1, 0.15) is 18.5 Å². The predicted molar refractivity (Wildman–Crippen MR) is 77.1 cm³/mol. The van der Waals surface area contributed by atoms with E-state index in [1.807, 2.05) is 24.3 Å². The molecule has 19 heavy (non-hydrogen) atoms. The van der Waals surface area contributed by atoms with Gasteiger partial charge in [0.25, 0.3) is 0 Å². The number of nitrogens with one attached hydrogen (secondary N) is 1. The molecule has 1 unspecified atom stereocenters. The number of hydrogen-bond acceptors (Lipinski definition) is 3. The molecule has 0 aliphatic rings. The highest BCUT2D eigenvalue weighted by atomic mass is 79.9. The van der Waals surface area contributed by atoms with Crippen LogP contribution < -0.4 is 4.72 Å². The first-order chi connectivity index (χ1) is 8.99. The van der Waals surface area contributed by atoms with Gasteiger partial charge in [0.2, 0.25) is 10.0 Å². The number of nitrogens with zero attached hydrogens (tertiary/aromatic N) is 1. The van der Waals surface area contributed by atoms with Crippen molar-refractivity contribution in [2.45, 2.75) is 17.9 Å². The van der Waals surface area contributed by atoms with Gasteiger partial charge in [0.1, 0.15) is 4.90 Å². The standard InChI is InChI=1S/C13H13BrN2O2S/c1-10(11-4-2-5-12(14)8-11)16-19(17,18)13-6-3-7-15-9-13/h2-10,16H,1H3. The fourth-order valence-electron chi connectivity index (χ4n) is 1.65. The molecule has 4 nitrogen and oxygen atoms in total. The minimum atomic E-state index is -3.55. The second-order valence-corrected chi connectivity index (χ2v) is 6.72. The largest absolute Gasteiger partial charge is 0.263 e. The van der Waals surface area contributed by atoms with Gasteiger partial charge in [-0.25, -0.2) is 13.1 Å². The maximum absolute atomic E-state index is 12.1. The molecular formula is C13H13BrN2O2S. The lowest BCUT2D eigenvalue weighted by Crippen LogP contribution is -2.26. The van der Waals surface area contributed by atoms with Crippen molar-refractivity contribution >= 4 is 26.0 Å². The number of pyridine rings is 1. The Bertz CT molecular complexity index is 659. The molecule has 1 atom stereocenters. The lowest BCUT2D eigenvalue weighted by molar-refractivity contribution is 0.566. The van der Waals surface area contributed by atoms with Gasteiger partial charge in [-0.05, 0) is 36.8 Å². The molecule has 0 aliphatic heterocycles. The molecule has 1 aromatic heterocycles. The van der Waals surface area contributed by atoms with Gasteiger partial charge in [-0.2, -0.15) is 0 Å². The zero-order valence-electron chi connectivity index (χ0n) is 10.2. The summed E-state index contributed by atoms with van der Waals surface area (Å²) in [5.74, 6) is 0. The summed E-state index contributed by atoms with van der Waals surface area (Å²) >= 11 is 3.37. The molecule has 1 N–H and O–H groups in total. The third-order valence-electron chi connectivity index (χ3n) is 2.63. The van der Waals surface area contributed by atoms with Crippen LogP contribution in [0.2, 0.25) is 0 Å². The second kappa shape index (κ2) is 5.81. The molecule has 0 saturated heterocycles. The number of aromatic nitrogens is 1. The molecule has 2 rings (SSSR count). The Balaban J connectivity index is 2.22. The smallest absolute Gasteiger partial charge is 0.242 e. The van der Waals surface area contributed by atoms with E-state index >= 15 is 0 Å². The zero-order valence-corrected chi connectivity index (χ0v) is 12.6. The second-order valence-electron chi connectivity index (χ2n) is 4.09. The van der Waals surface area contributed by atoms with Gasteiger partial charge in [0.15, 0.2) is 0 Å². The minimum absolute atomic E-state index is 0.164. The first kappa shape index (κ1) is 14.2. The van der Waals surface area contributed by atoms with E-state index in [4.69, 9.17) is 0 Å². The number of benzene rings is 1. The molecular weight excluding hydrogens is 328 g/mol. The highest BCUT2D eigenvalue weighted by Gasteiger charge is 2.18. The molecule has 1 aromatic carbocycles. The van der Waals surface area contributed by atoms with Crippen molar-refractivity contribution in [3.63, 3.8) is 0 Å². The van der Waals surface area contributed by atoms with E-state index in [1.54, 1.807) is 13.0 Å². The fourth-order valence-corrected chi connectivity index (χ4v) is 3.26. The Hall–Kier alpha value is -1.24. The van der Waals surface area contributed by atoms with Gasteiger partial charge < -0.3 is 0 Å². The van der Waals surface area contributed by atoms with E-state index in [9.17, 15) is 8.42 Å². The van der Waals surface area contributed by atoms with Crippen LogP contribution in [0.15, 0.2) is 58.2 Å². The summed E-state index contributed by atoms with van der Waals surface area (Å²) in [5, 5.41) is 0. The van der Waals surface area contributed by atoms with E-state index in [1.165, 1.54) is 18.5 Å². The Labute approximate surface area is 121 Å². The van der Waals surface area contributed by atoms with Gasteiger partial charge in [-0.1, -0.05) is 28.1 Å². The van der Waals surface area contributed by atoms with Gasteiger partial charge in [-0.15, -0.1) is 0 Å². The highest BCUT2D eigenvalue weighted by Crippen LogP contribution is 2.19. The Morgan fingerprint density at radius 3 is 2.68 bits per heavy atom. The molecule has 100 valence electrons. The van der Waals surface area contributed by atoms with Gasteiger partial charge >= 0.3 is 0 Å². The van der Waals surface area contributed by atoms with Crippen molar-refractivity contribution in [2.75, 3.05) is 0 Å². The SMILES string of the molecule is CC(NS(=O)(=O)c1cccnc1)c1cccc(Br)c1. The van der Waals surface area contributed by atoms with Gasteiger partial charge in [0.05, 0.1) is 0 Å². The Morgan fingerprint density at radius 2 is 2.05 bits per heavy atom. The molecule has 2 aromatic rings. The molecule has 0 fully saturated rings.